The van der Waals surface area contributed by atoms with Crippen LogP contribution in [-0.4, -0.2) is 52.2 Å². The Hall–Kier alpha value is -2.51. The Morgan fingerprint density at radius 3 is 2.59 bits per heavy atom. The van der Waals surface area contributed by atoms with Crippen LogP contribution in [0.3, 0.4) is 0 Å². The van der Waals surface area contributed by atoms with Crippen molar-refractivity contribution in [2.75, 3.05) is 32.0 Å². The summed E-state index contributed by atoms with van der Waals surface area (Å²) in [7, 11) is 0. The summed E-state index contributed by atoms with van der Waals surface area (Å²) in [6, 6.07) is 15.1. The number of para-hydroxylation sites is 1. The normalized spacial score (nSPS) is 15.5. The Bertz CT molecular complexity index is 971. The molecule has 32 heavy (non-hydrogen) atoms. The Balaban J connectivity index is 1.35. The molecule has 1 saturated heterocycles. The van der Waals surface area contributed by atoms with Gasteiger partial charge in [-0.15, -0.1) is 22.0 Å². The van der Waals surface area contributed by atoms with E-state index in [9.17, 15) is 5.11 Å². The quantitative estimate of drug-likeness (QED) is 0.404. The van der Waals surface area contributed by atoms with Gasteiger partial charge >= 0.3 is 0 Å². The van der Waals surface area contributed by atoms with Gasteiger partial charge in [0.15, 0.2) is 0 Å². The molecule has 1 aliphatic heterocycles. The third-order valence-corrected chi connectivity index (χ3v) is 6.78. The van der Waals surface area contributed by atoms with Gasteiger partial charge in [-0.2, -0.15) is 0 Å². The second-order valence-corrected chi connectivity index (χ2v) is 9.35. The predicted molar refractivity (Wildman–Crippen MR) is 128 cm³/mol. The molecule has 0 aliphatic carbocycles. The van der Waals surface area contributed by atoms with E-state index in [2.05, 4.69) is 22.0 Å². The summed E-state index contributed by atoms with van der Waals surface area (Å²) in [5, 5.41) is 18.6. The van der Waals surface area contributed by atoms with Gasteiger partial charge in [0.2, 0.25) is 11.8 Å². The molecule has 170 valence electrons. The van der Waals surface area contributed by atoms with E-state index in [1.165, 1.54) is 32.4 Å². The topological polar surface area (TPSA) is 71.6 Å². The van der Waals surface area contributed by atoms with Crippen LogP contribution in [0.15, 0.2) is 52.9 Å². The molecule has 4 rings (SSSR count). The molecule has 1 fully saturated rings. The van der Waals surface area contributed by atoms with E-state index >= 15 is 0 Å². The molecule has 0 radical (unpaired) electrons. The molecular formula is C25H31N3O3S. The standard InChI is InChI=1S/C25H31N3O3S/c1-2-32-23(21-9-4-5-10-22(21)29)25-27-26-24(31-25)19-11-13-20(14-12-19)30-18-8-17-28-15-6-3-7-16-28/h4-5,9-14,23,29H,2-3,6-8,15-18H2,1H3. The maximum Gasteiger partial charge on any atom is 0.247 e. The summed E-state index contributed by atoms with van der Waals surface area (Å²) in [6.45, 7) is 6.35. The maximum atomic E-state index is 10.3. The minimum atomic E-state index is -0.204. The number of nitrogens with zero attached hydrogens (tertiary/aromatic N) is 3. The highest BCUT2D eigenvalue weighted by Crippen LogP contribution is 2.39. The number of ether oxygens (including phenoxy) is 1. The van der Waals surface area contributed by atoms with Crippen LogP contribution in [0.2, 0.25) is 0 Å². The lowest BCUT2D eigenvalue weighted by molar-refractivity contribution is 0.205. The van der Waals surface area contributed by atoms with Crippen molar-refractivity contribution in [3.63, 3.8) is 0 Å². The molecule has 6 nitrogen and oxygen atoms in total. The first-order valence-electron chi connectivity index (χ1n) is 11.4. The largest absolute Gasteiger partial charge is 0.508 e. The van der Waals surface area contributed by atoms with Gasteiger partial charge in [-0.1, -0.05) is 31.5 Å². The number of benzene rings is 2. The fourth-order valence-electron chi connectivity index (χ4n) is 3.98. The minimum Gasteiger partial charge on any atom is -0.508 e. The molecule has 0 saturated carbocycles. The van der Waals surface area contributed by atoms with E-state index in [0.29, 0.717) is 11.8 Å². The monoisotopic (exact) mass is 453 g/mol. The summed E-state index contributed by atoms with van der Waals surface area (Å²) in [5.41, 5.74) is 1.63. The van der Waals surface area contributed by atoms with E-state index in [1.807, 2.05) is 42.5 Å². The van der Waals surface area contributed by atoms with Gasteiger partial charge in [0, 0.05) is 17.7 Å². The number of phenols is 1. The first kappa shape index (κ1) is 22.7. The van der Waals surface area contributed by atoms with Crippen LogP contribution >= 0.6 is 11.8 Å². The molecule has 1 aliphatic rings. The van der Waals surface area contributed by atoms with Gasteiger partial charge in [0.25, 0.3) is 0 Å². The second-order valence-electron chi connectivity index (χ2n) is 7.97. The number of hydrogen-bond acceptors (Lipinski definition) is 7. The van der Waals surface area contributed by atoms with E-state index in [0.717, 1.165) is 42.2 Å². The Labute approximate surface area is 194 Å². The number of hydrogen-bond donors (Lipinski definition) is 1. The van der Waals surface area contributed by atoms with Crippen molar-refractivity contribution in [1.82, 2.24) is 15.1 Å². The molecule has 1 atom stereocenters. The molecule has 1 N–H and O–H groups in total. The van der Waals surface area contributed by atoms with Gasteiger partial charge in [0.05, 0.1) is 6.61 Å². The highest BCUT2D eigenvalue weighted by Gasteiger charge is 2.24. The second kappa shape index (κ2) is 11.4. The molecule has 0 spiro atoms. The Morgan fingerprint density at radius 2 is 1.84 bits per heavy atom. The van der Waals surface area contributed by atoms with Gasteiger partial charge in [-0.25, -0.2) is 0 Å². The zero-order chi connectivity index (χ0) is 22.2. The lowest BCUT2D eigenvalue weighted by Gasteiger charge is -2.26. The molecule has 0 amide bonds. The van der Waals surface area contributed by atoms with Crippen molar-refractivity contribution in [3.05, 3.63) is 60.0 Å². The van der Waals surface area contributed by atoms with Gasteiger partial charge in [-0.05, 0) is 68.4 Å². The number of thioether (sulfide) groups is 1. The van der Waals surface area contributed by atoms with Crippen molar-refractivity contribution in [1.29, 1.82) is 0 Å². The summed E-state index contributed by atoms with van der Waals surface area (Å²) in [6.07, 6.45) is 5.06. The Morgan fingerprint density at radius 1 is 1.06 bits per heavy atom. The highest BCUT2D eigenvalue weighted by atomic mass is 32.2. The lowest BCUT2D eigenvalue weighted by Crippen LogP contribution is -2.31. The summed E-state index contributed by atoms with van der Waals surface area (Å²) in [5.74, 6) is 2.90. The number of aromatic nitrogens is 2. The van der Waals surface area contributed by atoms with E-state index < -0.39 is 0 Å². The fourth-order valence-corrected chi connectivity index (χ4v) is 4.93. The third-order valence-electron chi connectivity index (χ3n) is 5.65. The molecule has 2 heterocycles. The molecule has 3 aromatic rings. The maximum absolute atomic E-state index is 10.3. The summed E-state index contributed by atoms with van der Waals surface area (Å²) < 4.78 is 11.9. The molecule has 1 aromatic heterocycles. The molecular weight excluding hydrogens is 422 g/mol. The number of phenolic OH excluding ortho intramolecular Hbond substituents is 1. The zero-order valence-corrected chi connectivity index (χ0v) is 19.4. The molecule has 7 heteroatoms. The number of piperidine rings is 1. The third kappa shape index (κ3) is 5.84. The van der Waals surface area contributed by atoms with Gasteiger partial charge in [0.1, 0.15) is 16.7 Å². The SMILES string of the molecule is CCSC(c1nnc(-c2ccc(OCCCN3CCCCC3)cc2)o1)c1ccccc1O. The van der Waals surface area contributed by atoms with Crippen molar-refractivity contribution in [2.45, 2.75) is 37.9 Å². The van der Waals surface area contributed by atoms with Crippen LogP contribution in [0.5, 0.6) is 11.5 Å². The van der Waals surface area contributed by atoms with E-state index in [4.69, 9.17) is 9.15 Å². The van der Waals surface area contributed by atoms with Crippen LogP contribution in [-0.2, 0) is 0 Å². The average Bonchev–Trinajstić information content (AvgIpc) is 3.32. The van der Waals surface area contributed by atoms with Crippen LogP contribution in [0.25, 0.3) is 11.5 Å². The van der Waals surface area contributed by atoms with Crippen molar-refractivity contribution in [2.24, 2.45) is 0 Å². The van der Waals surface area contributed by atoms with E-state index in [-0.39, 0.29) is 11.0 Å². The van der Waals surface area contributed by atoms with Crippen molar-refractivity contribution in [3.8, 4) is 23.0 Å². The first-order chi connectivity index (χ1) is 15.7. The number of likely N-dealkylation sites (tertiary alicyclic amines) is 1. The van der Waals surface area contributed by atoms with Crippen molar-refractivity contribution < 1.29 is 14.3 Å². The van der Waals surface area contributed by atoms with Crippen LogP contribution in [0, 0.1) is 0 Å². The van der Waals surface area contributed by atoms with Crippen LogP contribution in [0.4, 0.5) is 0 Å². The molecule has 0 bridgehead atoms. The fraction of sp³-hybridized carbons (Fsp3) is 0.440. The highest BCUT2D eigenvalue weighted by molar-refractivity contribution is 7.99. The van der Waals surface area contributed by atoms with Crippen LogP contribution in [0.1, 0.15) is 49.3 Å². The van der Waals surface area contributed by atoms with Crippen LogP contribution < -0.4 is 4.74 Å². The molecule has 1 unspecified atom stereocenters. The smallest absolute Gasteiger partial charge is 0.247 e. The average molecular weight is 454 g/mol. The number of rotatable bonds is 10. The van der Waals surface area contributed by atoms with E-state index in [1.54, 1.807) is 17.8 Å². The minimum absolute atomic E-state index is 0.204. The van der Waals surface area contributed by atoms with Gasteiger partial charge < -0.3 is 19.2 Å². The summed E-state index contributed by atoms with van der Waals surface area (Å²) in [4.78, 5) is 2.53. The first-order valence-corrected chi connectivity index (χ1v) is 12.5. The number of aromatic hydroxyl groups is 1. The summed E-state index contributed by atoms with van der Waals surface area (Å²) >= 11 is 1.65. The lowest BCUT2D eigenvalue weighted by atomic mass is 10.1. The zero-order valence-electron chi connectivity index (χ0n) is 18.6. The Kier molecular flexibility index (Phi) is 8.07. The van der Waals surface area contributed by atoms with Crippen molar-refractivity contribution >= 4 is 11.8 Å². The van der Waals surface area contributed by atoms with Gasteiger partial charge in [-0.3, -0.25) is 0 Å². The predicted octanol–water partition coefficient (Wildman–Crippen LogP) is 5.54. The molecule has 2 aromatic carbocycles.